The maximum absolute atomic E-state index is 4.33. The maximum Gasteiger partial charge on any atom is 0.0599 e. The smallest absolute Gasteiger partial charge is 0.0599 e. The Labute approximate surface area is 129 Å². The van der Waals surface area contributed by atoms with Crippen molar-refractivity contribution < 1.29 is 0 Å². The van der Waals surface area contributed by atoms with Gasteiger partial charge in [-0.15, -0.1) is 0 Å². The predicted octanol–water partition coefficient (Wildman–Crippen LogP) is 2.36. The van der Waals surface area contributed by atoms with Gasteiger partial charge in [-0.05, 0) is 30.5 Å². The lowest BCUT2D eigenvalue weighted by atomic mass is 10.1. The molecule has 0 radical (unpaired) electrons. The second-order valence-corrected chi connectivity index (χ2v) is 6.36. The summed E-state index contributed by atoms with van der Waals surface area (Å²) in [5, 5.41) is 3.50. The van der Waals surface area contributed by atoms with Crippen LogP contribution in [0.1, 0.15) is 32.8 Å². The molecule has 1 aliphatic rings. The summed E-state index contributed by atoms with van der Waals surface area (Å²) in [6.07, 6.45) is 5.11. The summed E-state index contributed by atoms with van der Waals surface area (Å²) >= 11 is 0. The van der Waals surface area contributed by atoms with Crippen molar-refractivity contribution in [3.05, 3.63) is 24.0 Å². The Morgan fingerprint density at radius 2 is 2.00 bits per heavy atom. The molecule has 1 N–H and O–H groups in total. The SMILES string of the molecule is CCCNCc1ccncc1N1CCN(CC(C)C)CC1. The first-order chi connectivity index (χ1) is 10.2. The lowest BCUT2D eigenvalue weighted by Crippen LogP contribution is -2.47. The van der Waals surface area contributed by atoms with Gasteiger partial charge in [0, 0.05) is 45.5 Å². The van der Waals surface area contributed by atoms with Crippen molar-refractivity contribution >= 4 is 5.69 Å². The van der Waals surface area contributed by atoms with E-state index in [2.05, 4.69) is 46.9 Å². The van der Waals surface area contributed by atoms with Crippen LogP contribution in [-0.4, -0.2) is 49.2 Å². The molecule has 0 saturated carbocycles. The highest BCUT2D eigenvalue weighted by Crippen LogP contribution is 2.21. The zero-order valence-corrected chi connectivity index (χ0v) is 13.8. The first-order valence-electron chi connectivity index (χ1n) is 8.31. The van der Waals surface area contributed by atoms with Gasteiger partial charge in [-0.2, -0.15) is 0 Å². The molecule has 1 fully saturated rings. The molecule has 2 rings (SSSR count). The normalized spacial score (nSPS) is 16.7. The minimum Gasteiger partial charge on any atom is -0.367 e. The summed E-state index contributed by atoms with van der Waals surface area (Å²) in [6, 6.07) is 2.15. The summed E-state index contributed by atoms with van der Waals surface area (Å²) in [5.41, 5.74) is 2.68. The molecule has 0 amide bonds. The lowest BCUT2D eigenvalue weighted by molar-refractivity contribution is 0.231. The molecule has 2 heterocycles. The average molecular weight is 290 g/mol. The molecule has 21 heavy (non-hydrogen) atoms. The molecule has 0 bridgehead atoms. The van der Waals surface area contributed by atoms with Gasteiger partial charge in [0.2, 0.25) is 0 Å². The fraction of sp³-hybridized carbons (Fsp3) is 0.706. The number of nitrogens with zero attached hydrogens (tertiary/aromatic N) is 3. The topological polar surface area (TPSA) is 31.4 Å². The van der Waals surface area contributed by atoms with E-state index < -0.39 is 0 Å². The Kier molecular flexibility index (Phi) is 6.46. The van der Waals surface area contributed by atoms with Gasteiger partial charge in [0.1, 0.15) is 0 Å². The standard InChI is InChI=1S/C17H30N4/c1-4-6-18-12-16-5-7-19-13-17(16)21-10-8-20(9-11-21)14-15(2)3/h5,7,13,15,18H,4,6,8-12,14H2,1-3H3. The van der Waals surface area contributed by atoms with Crippen LogP contribution in [0.5, 0.6) is 0 Å². The first kappa shape index (κ1) is 16.2. The van der Waals surface area contributed by atoms with Gasteiger partial charge in [0.15, 0.2) is 0 Å². The van der Waals surface area contributed by atoms with E-state index in [-0.39, 0.29) is 0 Å². The third-order valence-electron chi connectivity index (χ3n) is 3.97. The Balaban J connectivity index is 1.93. The van der Waals surface area contributed by atoms with E-state index in [1.54, 1.807) is 0 Å². The van der Waals surface area contributed by atoms with E-state index in [4.69, 9.17) is 0 Å². The van der Waals surface area contributed by atoms with Gasteiger partial charge in [-0.25, -0.2) is 0 Å². The second kappa shape index (κ2) is 8.35. The van der Waals surface area contributed by atoms with E-state index in [1.807, 2.05) is 12.4 Å². The van der Waals surface area contributed by atoms with Crippen LogP contribution in [0, 0.1) is 5.92 Å². The third-order valence-corrected chi connectivity index (χ3v) is 3.97. The molecule has 1 aromatic heterocycles. The van der Waals surface area contributed by atoms with Crippen LogP contribution in [0.15, 0.2) is 18.5 Å². The van der Waals surface area contributed by atoms with Crippen LogP contribution >= 0.6 is 0 Å². The van der Waals surface area contributed by atoms with Crippen LogP contribution in [0.4, 0.5) is 5.69 Å². The first-order valence-corrected chi connectivity index (χ1v) is 8.31. The summed E-state index contributed by atoms with van der Waals surface area (Å²) in [7, 11) is 0. The predicted molar refractivity (Wildman–Crippen MR) is 89.7 cm³/mol. The Morgan fingerprint density at radius 3 is 2.67 bits per heavy atom. The Bertz CT molecular complexity index is 411. The number of rotatable bonds is 7. The molecule has 0 spiro atoms. The van der Waals surface area contributed by atoms with E-state index in [1.165, 1.54) is 24.2 Å². The minimum atomic E-state index is 0.753. The van der Waals surface area contributed by atoms with Crippen LogP contribution in [0.25, 0.3) is 0 Å². The molecule has 4 nitrogen and oxygen atoms in total. The number of piperazine rings is 1. The van der Waals surface area contributed by atoms with Crippen molar-refractivity contribution in [3.63, 3.8) is 0 Å². The number of anilines is 1. The Hall–Kier alpha value is -1.13. The Morgan fingerprint density at radius 1 is 1.24 bits per heavy atom. The molecule has 0 unspecified atom stereocenters. The minimum absolute atomic E-state index is 0.753. The summed E-state index contributed by atoms with van der Waals surface area (Å²) in [4.78, 5) is 9.40. The van der Waals surface area contributed by atoms with Gasteiger partial charge in [0.25, 0.3) is 0 Å². The molecule has 1 aromatic rings. The molecule has 1 aliphatic heterocycles. The van der Waals surface area contributed by atoms with Crippen molar-refractivity contribution in [1.29, 1.82) is 0 Å². The molecular formula is C17H30N4. The van der Waals surface area contributed by atoms with Gasteiger partial charge in [-0.1, -0.05) is 20.8 Å². The van der Waals surface area contributed by atoms with Gasteiger partial charge in [-0.3, -0.25) is 9.88 Å². The highest BCUT2D eigenvalue weighted by Gasteiger charge is 2.19. The highest BCUT2D eigenvalue weighted by atomic mass is 15.3. The third kappa shape index (κ3) is 4.97. The fourth-order valence-corrected chi connectivity index (χ4v) is 2.94. The molecular weight excluding hydrogens is 260 g/mol. The summed E-state index contributed by atoms with van der Waals surface area (Å²) < 4.78 is 0. The van der Waals surface area contributed by atoms with Gasteiger partial charge >= 0.3 is 0 Å². The highest BCUT2D eigenvalue weighted by molar-refractivity contribution is 5.52. The van der Waals surface area contributed by atoms with Gasteiger partial charge < -0.3 is 10.2 Å². The largest absolute Gasteiger partial charge is 0.367 e. The quantitative estimate of drug-likeness (QED) is 0.781. The molecule has 0 aliphatic carbocycles. The van der Waals surface area contributed by atoms with E-state index in [9.17, 15) is 0 Å². The summed E-state index contributed by atoms with van der Waals surface area (Å²) in [6.45, 7) is 14.6. The lowest BCUT2D eigenvalue weighted by Gasteiger charge is -2.37. The second-order valence-electron chi connectivity index (χ2n) is 6.36. The molecule has 0 aromatic carbocycles. The summed E-state index contributed by atoms with van der Waals surface area (Å²) in [5.74, 6) is 0.753. The number of pyridine rings is 1. The molecule has 4 heteroatoms. The zero-order valence-electron chi connectivity index (χ0n) is 13.8. The van der Waals surface area contributed by atoms with Crippen LogP contribution in [0.2, 0.25) is 0 Å². The van der Waals surface area contributed by atoms with E-state index in [0.717, 1.165) is 45.2 Å². The van der Waals surface area contributed by atoms with Crippen LogP contribution in [-0.2, 0) is 6.54 Å². The number of hydrogen-bond donors (Lipinski definition) is 1. The zero-order chi connectivity index (χ0) is 15.1. The molecule has 118 valence electrons. The van der Waals surface area contributed by atoms with Crippen molar-refractivity contribution in [1.82, 2.24) is 15.2 Å². The number of nitrogens with one attached hydrogen (secondary N) is 1. The van der Waals surface area contributed by atoms with Gasteiger partial charge in [0.05, 0.1) is 11.9 Å². The number of hydrogen-bond acceptors (Lipinski definition) is 4. The van der Waals surface area contributed by atoms with Crippen LogP contribution in [0.3, 0.4) is 0 Å². The van der Waals surface area contributed by atoms with Crippen molar-refractivity contribution in [3.8, 4) is 0 Å². The maximum atomic E-state index is 4.33. The fourth-order valence-electron chi connectivity index (χ4n) is 2.94. The average Bonchev–Trinajstić information content (AvgIpc) is 2.48. The van der Waals surface area contributed by atoms with Crippen molar-refractivity contribution in [2.45, 2.75) is 33.7 Å². The molecule has 0 atom stereocenters. The van der Waals surface area contributed by atoms with Crippen LogP contribution < -0.4 is 10.2 Å². The van der Waals surface area contributed by atoms with E-state index >= 15 is 0 Å². The number of aromatic nitrogens is 1. The van der Waals surface area contributed by atoms with Crippen molar-refractivity contribution in [2.75, 3.05) is 44.2 Å². The molecule has 1 saturated heterocycles. The monoisotopic (exact) mass is 290 g/mol. The van der Waals surface area contributed by atoms with Crippen molar-refractivity contribution in [2.24, 2.45) is 5.92 Å². The van der Waals surface area contributed by atoms with E-state index in [0.29, 0.717) is 0 Å².